The fraction of sp³-hybridized carbons (Fsp3) is 0.364. The highest BCUT2D eigenvalue weighted by Crippen LogP contribution is 2.21. The number of anilines is 2. The monoisotopic (exact) mass is 277 g/mol. The smallest absolute Gasteiger partial charge is 0.329 e. The van der Waals surface area contributed by atoms with Gasteiger partial charge in [-0.1, -0.05) is 0 Å². The van der Waals surface area contributed by atoms with Crippen LogP contribution in [0.1, 0.15) is 5.56 Å². The molecule has 0 aliphatic rings. The van der Waals surface area contributed by atoms with Crippen LogP contribution in [-0.2, 0) is 13.5 Å². The molecular weight excluding hydrogens is 262 g/mol. The van der Waals surface area contributed by atoms with Crippen molar-refractivity contribution in [3.63, 3.8) is 0 Å². The van der Waals surface area contributed by atoms with Crippen molar-refractivity contribution in [1.29, 1.82) is 0 Å². The Morgan fingerprint density at radius 1 is 1.45 bits per heavy atom. The third-order valence-electron chi connectivity index (χ3n) is 2.65. The Morgan fingerprint density at radius 3 is 2.85 bits per heavy atom. The van der Waals surface area contributed by atoms with Gasteiger partial charge >= 0.3 is 5.69 Å². The van der Waals surface area contributed by atoms with E-state index in [1.165, 1.54) is 6.20 Å². The van der Waals surface area contributed by atoms with E-state index in [1.807, 2.05) is 13.2 Å². The van der Waals surface area contributed by atoms with E-state index in [2.05, 4.69) is 25.7 Å². The molecule has 2 aromatic heterocycles. The third kappa shape index (κ3) is 3.19. The van der Waals surface area contributed by atoms with Crippen molar-refractivity contribution in [3.05, 3.63) is 34.3 Å². The van der Waals surface area contributed by atoms with Crippen LogP contribution in [0.4, 0.5) is 17.5 Å². The molecule has 0 aliphatic carbocycles. The summed E-state index contributed by atoms with van der Waals surface area (Å²) in [6, 6.07) is 0. The van der Waals surface area contributed by atoms with Crippen LogP contribution >= 0.6 is 0 Å². The number of aromatic nitrogens is 4. The first-order chi connectivity index (χ1) is 9.60. The molecule has 0 aromatic carbocycles. The Kier molecular flexibility index (Phi) is 4.08. The Hall–Kier alpha value is -2.71. The van der Waals surface area contributed by atoms with Crippen LogP contribution in [0.15, 0.2) is 18.6 Å². The molecule has 0 atom stereocenters. The van der Waals surface area contributed by atoms with Gasteiger partial charge in [-0.05, 0) is 12.0 Å². The molecule has 0 fully saturated rings. The van der Waals surface area contributed by atoms with Gasteiger partial charge in [-0.2, -0.15) is 10.1 Å². The molecule has 0 aliphatic heterocycles. The number of aryl methyl sites for hydroxylation is 1. The summed E-state index contributed by atoms with van der Waals surface area (Å²) >= 11 is 0. The van der Waals surface area contributed by atoms with Crippen LogP contribution < -0.4 is 10.6 Å². The minimum absolute atomic E-state index is 0.143. The SMILES string of the molecule is CNc1ncc([N+](=O)[O-])c(NCCc2cnn(C)c2)n1. The van der Waals surface area contributed by atoms with Crippen molar-refractivity contribution in [2.45, 2.75) is 6.42 Å². The molecule has 0 amide bonds. The fourth-order valence-electron chi connectivity index (χ4n) is 1.69. The summed E-state index contributed by atoms with van der Waals surface area (Å²) in [4.78, 5) is 18.3. The van der Waals surface area contributed by atoms with Gasteiger partial charge in [-0.3, -0.25) is 14.8 Å². The van der Waals surface area contributed by atoms with E-state index in [1.54, 1.807) is 17.9 Å². The first-order valence-electron chi connectivity index (χ1n) is 6.00. The van der Waals surface area contributed by atoms with Crippen molar-refractivity contribution in [3.8, 4) is 0 Å². The highest BCUT2D eigenvalue weighted by atomic mass is 16.6. The summed E-state index contributed by atoms with van der Waals surface area (Å²) in [7, 11) is 3.49. The zero-order chi connectivity index (χ0) is 14.5. The topological polar surface area (TPSA) is 111 Å². The van der Waals surface area contributed by atoms with Crippen LogP contribution in [0, 0.1) is 10.1 Å². The molecule has 0 radical (unpaired) electrons. The maximum Gasteiger partial charge on any atom is 0.329 e. The Bertz CT molecular complexity index is 611. The maximum absolute atomic E-state index is 10.9. The average molecular weight is 277 g/mol. The Morgan fingerprint density at radius 2 is 2.25 bits per heavy atom. The van der Waals surface area contributed by atoms with E-state index in [0.717, 1.165) is 5.56 Å². The zero-order valence-corrected chi connectivity index (χ0v) is 11.2. The molecule has 20 heavy (non-hydrogen) atoms. The molecule has 2 heterocycles. The fourth-order valence-corrected chi connectivity index (χ4v) is 1.69. The van der Waals surface area contributed by atoms with E-state index < -0.39 is 4.92 Å². The number of rotatable bonds is 6. The summed E-state index contributed by atoms with van der Waals surface area (Å²) in [6.07, 6.45) is 5.54. The molecule has 0 spiro atoms. The van der Waals surface area contributed by atoms with E-state index in [9.17, 15) is 10.1 Å². The third-order valence-corrected chi connectivity index (χ3v) is 2.65. The van der Waals surface area contributed by atoms with Gasteiger partial charge in [0, 0.05) is 26.8 Å². The molecule has 0 bridgehead atoms. The average Bonchev–Trinajstić information content (AvgIpc) is 2.84. The van der Waals surface area contributed by atoms with Crippen molar-refractivity contribution < 1.29 is 4.92 Å². The summed E-state index contributed by atoms with van der Waals surface area (Å²) in [5.41, 5.74) is 0.903. The molecule has 2 rings (SSSR count). The molecule has 106 valence electrons. The molecular formula is C11H15N7O2. The standard InChI is InChI=1S/C11H15N7O2/c1-12-11-14-6-9(18(19)20)10(16-11)13-4-3-8-5-15-17(2)7-8/h5-7H,3-4H2,1-2H3,(H2,12,13,14,16). The minimum atomic E-state index is -0.508. The van der Waals surface area contributed by atoms with Gasteiger partial charge < -0.3 is 10.6 Å². The zero-order valence-electron chi connectivity index (χ0n) is 11.2. The van der Waals surface area contributed by atoms with Gasteiger partial charge in [0.1, 0.15) is 6.20 Å². The van der Waals surface area contributed by atoms with Gasteiger partial charge in [-0.25, -0.2) is 4.98 Å². The van der Waals surface area contributed by atoms with Crippen molar-refractivity contribution >= 4 is 17.5 Å². The quantitative estimate of drug-likeness (QED) is 0.593. The first kappa shape index (κ1) is 13.7. The van der Waals surface area contributed by atoms with E-state index in [-0.39, 0.29) is 11.5 Å². The molecule has 9 nitrogen and oxygen atoms in total. The second kappa shape index (κ2) is 5.95. The number of hydrogen-bond donors (Lipinski definition) is 2. The largest absolute Gasteiger partial charge is 0.364 e. The first-order valence-corrected chi connectivity index (χ1v) is 6.00. The maximum atomic E-state index is 10.9. The van der Waals surface area contributed by atoms with E-state index in [4.69, 9.17) is 0 Å². The molecule has 0 unspecified atom stereocenters. The van der Waals surface area contributed by atoms with Crippen LogP contribution in [0.25, 0.3) is 0 Å². The van der Waals surface area contributed by atoms with Crippen molar-refractivity contribution in [1.82, 2.24) is 19.7 Å². The van der Waals surface area contributed by atoms with Gasteiger partial charge in [0.2, 0.25) is 11.8 Å². The normalized spacial score (nSPS) is 10.3. The highest BCUT2D eigenvalue weighted by molar-refractivity contribution is 5.56. The van der Waals surface area contributed by atoms with Crippen LogP contribution in [-0.4, -0.2) is 38.3 Å². The molecule has 0 saturated carbocycles. The Balaban J connectivity index is 2.05. The van der Waals surface area contributed by atoms with E-state index >= 15 is 0 Å². The summed E-state index contributed by atoms with van der Waals surface area (Å²) in [5, 5.41) is 20.7. The predicted molar refractivity (Wildman–Crippen MR) is 73.6 cm³/mol. The van der Waals surface area contributed by atoms with Crippen LogP contribution in [0.5, 0.6) is 0 Å². The van der Waals surface area contributed by atoms with Gasteiger partial charge in [-0.15, -0.1) is 0 Å². The van der Waals surface area contributed by atoms with Gasteiger partial charge in [0.25, 0.3) is 0 Å². The number of nitro groups is 1. The number of nitrogens with zero attached hydrogens (tertiary/aromatic N) is 5. The second-order valence-corrected chi connectivity index (χ2v) is 4.13. The van der Waals surface area contributed by atoms with Crippen molar-refractivity contribution in [2.75, 3.05) is 24.2 Å². The lowest BCUT2D eigenvalue weighted by Gasteiger charge is -2.06. The highest BCUT2D eigenvalue weighted by Gasteiger charge is 2.16. The summed E-state index contributed by atoms with van der Waals surface area (Å²) in [5.74, 6) is 0.540. The number of hydrogen-bond acceptors (Lipinski definition) is 7. The van der Waals surface area contributed by atoms with Gasteiger partial charge in [0.05, 0.1) is 11.1 Å². The summed E-state index contributed by atoms with van der Waals surface area (Å²) < 4.78 is 1.71. The lowest BCUT2D eigenvalue weighted by atomic mass is 10.2. The minimum Gasteiger partial charge on any atom is -0.364 e. The Labute approximate surface area is 115 Å². The molecule has 2 aromatic rings. The van der Waals surface area contributed by atoms with Crippen LogP contribution in [0.2, 0.25) is 0 Å². The lowest BCUT2D eigenvalue weighted by molar-refractivity contribution is -0.384. The molecule has 0 saturated heterocycles. The molecule has 2 N–H and O–H groups in total. The van der Waals surface area contributed by atoms with Crippen LogP contribution in [0.3, 0.4) is 0 Å². The number of nitrogens with one attached hydrogen (secondary N) is 2. The summed E-state index contributed by atoms with van der Waals surface area (Å²) in [6.45, 7) is 0.521. The van der Waals surface area contributed by atoms with Gasteiger partial charge in [0.15, 0.2) is 0 Å². The van der Waals surface area contributed by atoms with E-state index in [0.29, 0.717) is 18.9 Å². The lowest BCUT2D eigenvalue weighted by Crippen LogP contribution is -2.10. The second-order valence-electron chi connectivity index (χ2n) is 4.13. The predicted octanol–water partition coefficient (Wildman–Crippen LogP) is 0.815. The molecule has 9 heteroatoms. The van der Waals surface area contributed by atoms with Crippen molar-refractivity contribution in [2.24, 2.45) is 7.05 Å².